The zero-order valence-electron chi connectivity index (χ0n) is 36.5. The molecule has 0 aromatic carbocycles. The summed E-state index contributed by atoms with van der Waals surface area (Å²) in [6.45, 7) is 3.65. The molecule has 0 saturated carbocycles. The molecule has 0 bridgehead atoms. The second kappa shape index (κ2) is 34.2. The highest BCUT2D eigenvalue weighted by Crippen LogP contribution is 2.26. The van der Waals surface area contributed by atoms with E-state index in [1.54, 1.807) is 0 Å². The summed E-state index contributed by atoms with van der Waals surface area (Å²) >= 11 is 0. The van der Waals surface area contributed by atoms with Crippen LogP contribution in [0.15, 0.2) is 12.2 Å². The van der Waals surface area contributed by atoms with Gasteiger partial charge >= 0.3 is 5.97 Å². The van der Waals surface area contributed by atoms with Crippen LogP contribution in [0.3, 0.4) is 0 Å². The maximum Gasteiger partial charge on any atom is 0.306 e. The van der Waals surface area contributed by atoms with E-state index in [9.17, 15) is 40.5 Å². The van der Waals surface area contributed by atoms with Gasteiger partial charge in [-0.1, -0.05) is 135 Å². The Kier molecular flexibility index (Phi) is 31.3. The smallest absolute Gasteiger partial charge is 0.306 e. The van der Waals surface area contributed by atoms with Crippen molar-refractivity contribution in [1.82, 2.24) is 0 Å². The van der Waals surface area contributed by atoms with E-state index in [1.165, 1.54) is 96.3 Å². The van der Waals surface area contributed by atoms with Gasteiger partial charge in [0.15, 0.2) is 12.6 Å². The normalized spacial score (nSPS) is 28.0. The SMILES string of the molecule is CCCCCCCC/C=C\CCCCCCCCCC(=O)OC(COCCCCCCCCCC)COC1OC(COC2OC(CO)C(O)C(O)C2O)C(O)C(O)C1O. The van der Waals surface area contributed by atoms with Crippen LogP contribution in [-0.4, -0.2) is 142 Å². The number of carbonyl (C=O) groups excluding carboxylic acids is 1. The van der Waals surface area contributed by atoms with Gasteiger partial charge in [-0.15, -0.1) is 0 Å². The molecule has 0 aromatic rings. The van der Waals surface area contributed by atoms with Crippen LogP contribution in [0.1, 0.15) is 168 Å². The summed E-state index contributed by atoms with van der Waals surface area (Å²) in [4.78, 5) is 12.9. The Hall–Kier alpha value is -1.27. The first-order valence-electron chi connectivity index (χ1n) is 23.3. The molecule has 0 spiro atoms. The lowest BCUT2D eigenvalue weighted by molar-refractivity contribution is -0.332. The van der Waals surface area contributed by atoms with E-state index in [4.69, 9.17) is 28.4 Å². The fourth-order valence-corrected chi connectivity index (χ4v) is 7.40. The van der Waals surface area contributed by atoms with Gasteiger partial charge < -0.3 is 64.2 Å². The third-order valence-corrected chi connectivity index (χ3v) is 11.3. The van der Waals surface area contributed by atoms with Crippen LogP contribution in [0.25, 0.3) is 0 Å². The fraction of sp³-hybridized carbons (Fsp3) is 0.933. The summed E-state index contributed by atoms with van der Waals surface area (Å²) in [7, 11) is 0. The Balaban J connectivity index is 1.77. The Labute approximate surface area is 354 Å². The summed E-state index contributed by atoms with van der Waals surface area (Å²) in [6.07, 6.45) is 15.8. The van der Waals surface area contributed by atoms with Crippen molar-refractivity contribution in [2.45, 2.75) is 235 Å². The van der Waals surface area contributed by atoms with E-state index >= 15 is 0 Å². The molecule has 0 radical (unpaired) electrons. The van der Waals surface area contributed by atoms with Crippen molar-refractivity contribution in [2.75, 3.05) is 33.0 Å². The summed E-state index contributed by atoms with van der Waals surface area (Å²) in [5, 5.41) is 71.8. The van der Waals surface area contributed by atoms with Crippen LogP contribution >= 0.6 is 0 Å². The molecular weight excluding hydrogens is 764 g/mol. The monoisotopic (exact) mass is 849 g/mol. The lowest BCUT2D eigenvalue weighted by atomic mass is 9.98. The van der Waals surface area contributed by atoms with Crippen molar-refractivity contribution < 1.29 is 69.0 Å². The van der Waals surface area contributed by atoms with Crippen molar-refractivity contribution >= 4 is 5.97 Å². The lowest BCUT2D eigenvalue weighted by Crippen LogP contribution is -2.61. The van der Waals surface area contributed by atoms with Crippen molar-refractivity contribution in [2.24, 2.45) is 0 Å². The predicted molar refractivity (Wildman–Crippen MR) is 224 cm³/mol. The standard InChI is InChI=1S/C45H84O14/c1-3-5-7-9-11-13-14-15-16-17-18-19-20-21-22-24-26-28-37(47)57-34(31-54-29-27-25-23-12-10-8-6-4-2)32-55-44-43(53)41(51)39(49)36(59-44)33-56-45-42(52)40(50)38(48)35(30-46)58-45/h15-16,34-36,38-46,48-53H,3-14,17-33H2,1-2H3/b16-15-. The number of allylic oxidation sites excluding steroid dienone is 2. The average molecular weight is 849 g/mol. The molecule has 0 amide bonds. The maximum atomic E-state index is 12.9. The molecule has 0 aromatic heterocycles. The van der Waals surface area contributed by atoms with Gasteiger partial charge in [0, 0.05) is 13.0 Å². The summed E-state index contributed by atoms with van der Waals surface area (Å²) < 4.78 is 34.1. The zero-order valence-corrected chi connectivity index (χ0v) is 36.5. The molecule has 7 N–H and O–H groups in total. The number of hydrogen-bond donors (Lipinski definition) is 7. The summed E-state index contributed by atoms with van der Waals surface area (Å²) in [6, 6.07) is 0. The number of esters is 1. The van der Waals surface area contributed by atoms with Crippen LogP contribution in [0, 0.1) is 0 Å². The molecule has 0 aliphatic carbocycles. The van der Waals surface area contributed by atoms with Gasteiger partial charge in [-0.05, 0) is 38.5 Å². The largest absolute Gasteiger partial charge is 0.457 e. The van der Waals surface area contributed by atoms with Crippen LogP contribution in [0.4, 0.5) is 0 Å². The van der Waals surface area contributed by atoms with Crippen molar-refractivity contribution in [3.8, 4) is 0 Å². The summed E-state index contributed by atoms with van der Waals surface area (Å²) in [5.41, 5.74) is 0. The van der Waals surface area contributed by atoms with E-state index < -0.39 is 80.7 Å². The van der Waals surface area contributed by atoms with Crippen LogP contribution in [0.2, 0.25) is 0 Å². The highest BCUT2D eigenvalue weighted by molar-refractivity contribution is 5.69. The second-order valence-corrected chi connectivity index (χ2v) is 16.6. The molecule has 14 nitrogen and oxygen atoms in total. The molecule has 11 atom stereocenters. The van der Waals surface area contributed by atoms with Crippen molar-refractivity contribution in [3.63, 3.8) is 0 Å². The van der Waals surface area contributed by atoms with E-state index in [2.05, 4.69) is 26.0 Å². The quantitative estimate of drug-likeness (QED) is 0.0235. The van der Waals surface area contributed by atoms with E-state index in [0.717, 1.165) is 44.9 Å². The van der Waals surface area contributed by atoms with Gasteiger partial charge in [0.2, 0.25) is 0 Å². The second-order valence-electron chi connectivity index (χ2n) is 16.6. The maximum absolute atomic E-state index is 12.9. The van der Waals surface area contributed by atoms with Gasteiger partial charge in [-0.25, -0.2) is 0 Å². The predicted octanol–water partition coefficient (Wildman–Crippen LogP) is 5.51. The Bertz CT molecular complexity index is 1030. The number of aliphatic hydroxyl groups excluding tert-OH is 7. The highest BCUT2D eigenvalue weighted by atomic mass is 16.7. The van der Waals surface area contributed by atoms with Gasteiger partial charge in [0.25, 0.3) is 0 Å². The zero-order chi connectivity index (χ0) is 43.1. The first-order valence-corrected chi connectivity index (χ1v) is 23.3. The van der Waals surface area contributed by atoms with Crippen LogP contribution in [-0.2, 0) is 33.2 Å². The molecule has 59 heavy (non-hydrogen) atoms. The minimum Gasteiger partial charge on any atom is -0.457 e. The van der Waals surface area contributed by atoms with Crippen molar-refractivity contribution in [1.29, 1.82) is 0 Å². The minimum atomic E-state index is -1.70. The van der Waals surface area contributed by atoms with Gasteiger partial charge in [-0.3, -0.25) is 4.79 Å². The molecule has 348 valence electrons. The molecule has 2 saturated heterocycles. The molecule has 2 fully saturated rings. The highest BCUT2D eigenvalue weighted by Gasteiger charge is 2.47. The number of carbonyl (C=O) groups is 1. The Morgan fingerprint density at radius 2 is 1.00 bits per heavy atom. The van der Waals surface area contributed by atoms with Crippen LogP contribution in [0.5, 0.6) is 0 Å². The summed E-state index contributed by atoms with van der Waals surface area (Å²) in [5.74, 6) is -0.381. The van der Waals surface area contributed by atoms with Crippen LogP contribution < -0.4 is 0 Å². The number of rotatable bonds is 36. The molecular formula is C45H84O14. The minimum absolute atomic E-state index is 0.0636. The number of unbranched alkanes of at least 4 members (excludes halogenated alkanes) is 20. The average Bonchev–Trinajstić information content (AvgIpc) is 3.23. The first kappa shape index (κ1) is 53.9. The molecule has 2 aliphatic heterocycles. The number of aliphatic hydroxyl groups is 7. The fourth-order valence-electron chi connectivity index (χ4n) is 7.40. The molecule has 2 rings (SSSR count). The topological polar surface area (TPSA) is 214 Å². The molecule has 2 heterocycles. The molecule has 2 aliphatic rings. The third kappa shape index (κ3) is 23.1. The van der Waals surface area contributed by atoms with Crippen molar-refractivity contribution in [3.05, 3.63) is 12.2 Å². The Morgan fingerprint density at radius 1 is 0.542 bits per heavy atom. The van der Waals surface area contributed by atoms with E-state index in [0.29, 0.717) is 13.0 Å². The van der Waals surface area contributed by atoms with E-state index in [-0.39, 0.29) is 25.6 Å². The Morgan fingerprint density at radius 3 is 1.54 bits per heavy atom. The lowest BCUT2D eigenvalue weighted by Gasteiger charge is -2.42. The van der Waals surface area contributed by atoms with Gasteiger partial charge in [-0.2, -0.15) is 0 Å². The molecule has 11 unspecified atom stereocenters. The van der Waals surface area contributed by atoms with Gasteiger partial charge in [0.1, 0.15) is 54.9 Å². The first-order chi connectivity index (χ1) is 28.6. The third-order valence-electron chi connectivity index (χ3n) is 11.3. The number of ether oxygens (including phenoxy) is 6. The molecule has 14 heteroatoms. The van der Waals surface area contributed by atoms with Gasteiger partial charge in [0.05, 0.1) is 26.4 Å². The van der Waals surface area contributed by atoms with E-state index in [1.807, 2.05) is 0 Å². The number of hydrogen-bond acceptors (Lipinski definition) is 14.